The van der Waals surface area contributed by atoms with E-state index in [0.717, 1.165) is 31.7 Å². The molecule has 1 aliphatic heterocycles. The molecule has 1 aliphatic rings. The highest BCUT2D eigenvalue weighted by atomic mass is 16.2. The molecule has 1 saturated heterocycles. The number of hydrogen-bond acceptors (Lipinski definition) is 3. The summed E-state index contributed by atoms with van der Waals surface area (Å²) in [5, 5.41) is 0. The lowest BCUT2D eigenvalue weighted by atomic mass is 10.1. The fourth-order valence-corrected chi connectivity index (χ4v) is 3.10. The molecule has 0 bridgehead atoms. The molecule has 1 heterocycles. The standard InChI is InChI=1S/C19H23N3O/c1-15-5-2-3-8-18(15)21-9-11-22(12-10-21)19(23)14-16-6-4-7-17(20)13-16/h2-8,13H,9-12,14,20H2,1H3. The second-order valence-electron chi connectivity index (χ2n) is 6.08. The van der Waals surface area contributed by atoms with Crippen molar-refractivity contribution < 1.29 is 4.79 Å². The van der Waals surface area contributed by atoms with Crippen molar-refractivity contribution >= 4 is 17.3 Å². The van der Waals surface area contributed by atoms with Crippen molar-refractivity contribution in [3.63, 3.8) is 0 Å². The number of nitrogen functional groups attached to an aromatic ring is 1. The highest BCUT2D eigenvalue weighted by Gasteiger charge is 2.21. The summed E-state index contributed by atoms with van der Waals surface area (Å²) in [4.78, 5) is 16.8. The van der Waals surface area contributed by atoms with Crippen LogP contribution >= 0.6 is 0 Å². The summed E-state index contributed by atoms with van der Waals surface area (Å²) in [5.41, 5.74) is 10.0. The van der Waals surface area contributed by atoms with Crippen LogP contribution < -0.4 is 10.6 Å². The number of carbonyl (C=O) groups excluding carboxylic acids is 1. The molecule has 4 nitrogen and oxygen atoms in total. The number of amides is 1. The van der Waals surface area contributed by atoms with Crippen LogP contribution in [-0.4, -0.2) is 37.0 Å². The molecular weight excluding hydrogens is 286 g/mol. The second kappa shape index (κ2) is 6.73. The number of carbonyl (C=O) groups is 1. The van der Waals surface area contributed by atoms with Gasteiger partial charge in [0.05, 0.1) is 6.42 Å². The summed E-state index contributed by atoms with van der Waals surface area (Å²) in [6.07, 6.45) is 0.426. The molecule has 1 fully saturated rings. The lowest BCUT2D eigenvalue weighted by molar-refractivity contribution is -0.130. The minimum Gasteiger partial charge on any atom is -0.399 e. The summed E-state index contributed by atoms with van der Waals surface area (Å²) in [7, 11) is 0. The molecule has 0 atom stereocenters. The van der Waals surface area contributed by atoms with Gasteiger partial charge in [0.2, 0.25) is 5.91 Å². The van der Waals surface area contributed by atoms with E-state index in [9.17, 15) is 4.79 Å². The Morgan fingerprint density at radius 1 is 1.04 bits per heavy atom. The van der Waals surface area contributed by atoms with Gasteiger partial charge in [0.15, 0.2) is 0 Å². The maximum Gasteiger partial charge on any atom is 0.227 e. The van der Waals surface area contributed by atoms with Gasteiger partial charge in [0, 0.05) is 37.6 Å². The Hall–Kier alpha value is -2.49. The zero-order valence-corrected chi connectivity index (χ0v) is 13.5. The molecule has 1 amide bonds. The molecule has 120 valence electrons. The van der Waals surface area contributed by atoms with E-state index in [1.165, 1.54) is 11.3 Å². The van der Waals surface area contributed by atoms with Crippen molar-refractivity contribution in [2.75, 3.05) is 36.8 Å². The highest BCUT2D eigenvalue weighted by molar-refractivity contribution is 5.79. The molecule has 2 N–H and O–H groups in total. The van der Waals surface area contributed by atoms with Crippen molar-refractivity contribution in [3.8, 4) is 0 Å². The van der Waals surface area contributed by atoms with Crippen molar-refractivity contribution in [2.24, 2.45) is 0 Å². The Morgan fingerprint density at radius 3 is 2.48 bits per heavy atom. The predicted molar refractivity (Wildman–Crippen MR) is 94.5 cm³/mol. The molecular formula is C19H23N3O. The van der Waals surface area contributed by atoms with Crippen LogP contribution in [0.2, 0.25) is 0 Å². The van der Waals surface area contributed by atoms with Crippen LogP contribution in [0.25, 0.3) is 0 Å². The molecule has 2 aromatic rings. The predicted octanol–water partition coefficient (Wildman–Crippen LogP) is 2.47. The molecule has 0 radical (unpaired) electrons. The third-order valence-corrected chi connectivity index (χ3v) is 4.39. The molecule has 0 aromatic heterocycles. The Bertz CT molecular complexity index is 691. The van der Waals surface area contributed by atoms with Crippen LogP contribution in [0.1, 0.15) is 11.1 Å². The number of hydrogen-bond donors (Lipinski definition) is 1. The van der Waals surface area contributed by atoms with Gasteiger partial charge in [-0.2, -0.15) is 0 Å². The van der Waals surface area contributed by atoms with Gasteiger partial charge in [-0.3, -0.25) is 4.79 Å². The molecule has 0 aliphatic carbocycles. The molecule has 3 rings (SSSR count). The van der Waals surface area contributed by atoms with Gasteiger partial charge in [-0.25, -0.2) is 0 Å². The van der Waals surface area contributed by atoms with Crippen LogP contribution in [-0.2, 0) is 11.2 Å². The molecule has 2 aromatic carbocycles. The van der Waals surface area contributed by atoms with Gasteiger partial charge in [0.1, 0.15) is 0 Å². The molecule has 0 saturated carbocycles. The van der Waals surface area contributed by atoms with E-state index < -0.39 is 0 Å². The number of aryl methyl sites for hydroxylation is 1. The number of piperazine rings is 1. The van der Waals surface area contributed by atoms with Crippen LogP contribution in [0.4, 0.5) is 11.4 Å². The summed E-state index contributed by atoms with van der Waals surface area (Å²) >= 11 is 0. The number of nitrogens with two attached hydrogens (primary N) is 1. The SMILES string of the molecule is Cc1ccccc1N1CCN(C(=O)Cc2cccc(N)c2)CC1. The quantitative estimate of drug-likeness (QED) is 0.886. The molecule has 0 unspecified atom stereocenters. The largest absolute Gasteiger partial charge is 0.399 e. The van der Waals surface area contributed by atoms with Crippen molar-refractivity contribution in [2.45, 2.75) is 13.3 Å². The van der Waals surface area contributed by atoms with Gasteiger partial charge in [-0.05, 0) is 36.2 Å². The van der Waals surface area contributed by atoms with E-state index in [4.69, 9.17) is 5.73 Å². The Morgan fingerprint density at radius 2 is 1.78 bits per heavy atom. The first-order chi connectivity index (χ1) is 11.1. The van der Waals surface area contributed by atoms with Gasteiger partial charge in [-0.15, -0.1) is 0 Å². The molecule has 4 heteroatoms. The van der Waals surface area contributed by atoms with E-state index >= 15 is 0 Å². The lowest BCUT2D eigenvalue weighted by Crippen LogP contribution is -2.49. The van der Waals surface area contributed by atoms with Crippen molar-refractivity contribution in [1.29, 1.82) is 0 Å². The second-order valence-corrected chi connectivity index (χ2v) is 6.08. The van der Waals surface area contributed by atoms with Crippen molar-refractivity contribution in [1.82, 2.24) is 4.90 Å². The van der Waals surface area contributed by atoms with Crippen LogP contribution in [0.5, 0.6) is 0 Å². The fourth-order valence-electron chi connectivity index (χ4n) is 3.10. The average molecular weight is 309 g/mol. The minimum absolute atomic E-state index is 0.181. The van der Waals surface area contributed by atoms with E-state index in [1.54, 1.807) is 0 Å². The summed E-state index contributed by atoms with van der Waals surface area (Å²) in [6.45, 7) is 5.44. The van der Waals surface area contributed by atoms with E-state index in [1.807, 2.05) is 29.2 Å². The van der Waals surface area contributed by atoms with Crippen LogP contribution in [0.3, 0.4) is 0 Å². The van der Waals surface area contributed by atoms with Gasteiger partial charge in [-0.1, -0.05) is 30.3 Å². The van der Waals surface area contributed by atoms with E-state index in [-0.39, 0.29) is 5.91 Å². The zero-order valence-electron chi connectivity index (χ0n) is 13.5. The zero-order chi connectivity index (χ0) is 16.2. The number of rotatable bonds is 3. The van der Waals surface area contributed by atoms with Gasteiger partial charge in [0.25, 0.3) is 0 Å². The summed E-state index contributed by atoms with van der Waals surface area (Å²) in [5.74, 6) is 0.181. The van der Waals surface area contributed by atoms with Crippen LogP contribution in [0, 0.1) is 6.92 Å². The number of para-hydroxylation sites is 1. The topological polar surface area (TPSA) is 49.6 Å². The smallest absolute Gasteiger partial charge is 0.227 e. The number of nitrogens with zero attached hydrogens (tertiary/aromatic N) is 2. The van der Waals surface area contributed by atoms with E-state index in [2.05, 4.69) is 36.1 Å². The fraction of sp³-hybridized carbons (Fsp3) is 0.316. The summed E-state index contributed by atoms with van der Waals surface area (Å²) in [6, 6.07) is 16.0. The first kappa shape index (κ1) is 15.4. The van der Waals surface area contributed by atoms with Crippen molar-refractivity contribution in [3.05, 3.63) is 59.7 Å². The summed E-state index contributed by atoms with van der Waals surface area (Å²) < 4.78 is 0. The number of benzene rings is 2. The maximum atomic E-state index is 12.5. The van der Waals surface area contributed by atoms with Gasteiger partial charge >= 0.3 is 0 Å². The minimum atomic E-state index is 0.181. The third kappa shape index (κ3) is 3.65. The molecule has 23 heavy (non-hydrogen) atoms. The Labute approximate surface area is 137 Å². The monoisotopic (exact) mass is 309 g/mol. The number of anilines is 2. The third-order valence-electron chi connectivity index (χ3n) is 4.39. The Balaban J connectivity index is 1.58. The average Bonchev–Trinajstić information content (AvgIpc) is 2.55. The molecule has 0 spiro atoms. The van der Waals surface area contributed by atoms with Gasteiger partial charge < -0.3 is 15.5 Å². The maximum absolute atomic E-state index is 12.5. The Kier molecular flexibility index (Phi) is 4.51. The van der Waals surface area contributed by atoms with E-state index in [0.29, 0.717) is 12.1 Å². The first-order valence-corrected chi connectivity index (χ1v) is 8.06. The first-order valence-electron chi connectivity index (χ1n) is 8.06. The highest BCUT2D eigenvalue weighted by Crippen LogP contribution is 2.21. The van der Waals surface area contributed by atoms with Crippen LogP contribution in [0.15, 0.2) is 48.5 Å². The normalized spacial score (nSPS) is 14.8. The lowest BCUT2D eigenvalue weighted by Gasteiger charge is -2.37.